The lowest BCUT2D eigenvalue weighted by atomic mass is 9.97. The van der Waals surface area contributed by atoms with E-state index in [2.05, 4.69) is 0 Å². The normalized spacial score (nSPS) is 21.0. The summed E-state index contributed by atoms with van der Waals surface area (Å²) in [6.45, 7) is 0. The molecule has 0 amide bonds. The highest BCUT2D eigenvalue weighted by atomic mass is 19.2. The van der Waals surface area contributed by atoms with Crippen LogP contribution in [0.4, 0.5) is 13.2 Å². The van der Waals surface area contributed by atoms with E-state index in [9.17, 15) is 18.0 Å². The van der Waals surface area contributed by atoms with Gasteiger partial charge >= 0.3 is 0 Å². The molecule has 0 aliphatic heterocycles. The minimum Gasteiger partial charge on any atom is -0.300 e. The number of rotatable bonds is 1. The molecule has 1 atom stereocenters. The first-order valence-corrected chi connectivity index (χ1v) is 4.74. The van der Waals surface area contributed by atoms with E-state index >= 15 is 0 Å². The first-order chi connectivity index (χ1) is 7.09. The number of ketones is 1. The monoisotopic (exact) mass is 214 g/mol. The molecule has 1 aromatic carbocycles. The molecule has 4 heteroatoms. The van der Waals surface area contributed by atoms with Crippen LogP contribution in [0, 0.1) is 17.5 Å². The van der Waals surface area contributed by atoms with Crippen molar-refractivity contribution in [3.05, 3.63) is 35.1 Å². The van der Waals surface area contributed by atoms with Gasteiger partial charge in [-0.25, -0.2) is 13.2 Å². The van der Waals surface area contributed by atoms with Crippen molar-refractivity contribution in [2.75, 3.05) is 0 Å². The van der Waals surface area contributed by atoms with Gasteiger partial charge in [0.1, 0.15) is 5.78 Å². The van der Waals surface area contributed by atoms with Gasteiger partial charge < -0.3 is 0 Å². The lowest BCUT2D eigenvalue weighted by Crippen LogP contribution is -2.02. The van der Waals surface area contributed by atoms with E-state index in [1.54, 1.807) is 0 Å². The summed E-state index contributed by atoms with van der Waals surface area (Å²) in [4.78, 5) is 11.0. The zero-order valence-electron chi connectivity index (χ0n) is 7.90. The highest BCUT2D eigenvalue weighted by Crippen LogP contribution is 2.34. The van der Waals surface area contributed by atoms with Crippen LogP contribution in [0.15, 0.2) is 12.1 Å². The van der Waals surface area contributed by atoms with Crippen molar-refractivity contribution in [2.24, 2.45) is 0 Å². The molecule has 80 valence electrons. The average molecular weight is 214 g/mol. The number of hydrogen-bond donors (Lipinski definition) is 0. The molecule has 2 rings (SSSR count). The van der Waals surface area contributed by atoms with Gasteiger partial charge in [-0.15, -0.1) is 0 Å². The molecule has 0 radical (unpaired) electrons. The Morgan fingerprint density at radius 2 is 1.87 bits per heavy atom. The molecule has 1 saturated carbocycles. The van der Waals surface area contributed by atoms with Gasteiger partial charge in [0, 0.05) is 12.8 Å². The Labute approximate surface area is 84.9 Å². The van der Waals surface area contributed by atoms with Crippen molar-refractivity contribution < 1.29 is 18.0 Å². The van der Waals surface area contributed by atoms with E-state index in [1.807, 2.05) is 0 Å². The summed E-state index contributed by atoms with van der Waals surface area (Å²) in [7, 11) is 0. The van der Waals surface area contributed by atoms with Crippen LogP contribution in [0.3, 0.4) is 0 Å². The molecule has 0 bridgehead atoms. The molecule has 1 unspecified atom stereocenters. The second-order valence-corrected chi connectivity index (χ2v) is 3.74. The zero-order chi connectivity index (χ0) is 11.0. The highest BCUT2D eigenvalue weighted by Gasteiger charge is 2.27. The molecule has 0 aromatic heterocycles. The third kappa shape index (κ3) is 1.76. The SMILES string of the molecule is O=C1CCC(c2ccc(F)c(F)c2F)C1. The van der Waals surface area contributed by atoms with Crippen LogP contribution in [0.2, 0.25) is 0 Å². The molecule has 15 heavy (non-hydrogen) atoms. The van der Waals surface area contributed by atoms with Crippen LogP contribution in [-0.2, 0) is 4.79 Å². The maximum atomic E-state index is 13.3. The summed E-state index contributed by atoms with van der Waals surface area (Å²) < 4.78 is 38.9. The van der Waals surface area contributed by atoms with Gasteiger partial charge in [-0.3, -0.25) is 4.79 Å². The second-order valence-electron chi connectivity index (χ2n) is 3.74. The first kappa shape index (κ1) is 10.2. The Kier molecular flexibility index (Phi) is 2.50. The fourth-order valence-electron chi connectivity index (χ4n) is 1.94. The third-order valence-corrected chi connectivity index (χ3v) is 2.75. The minimum atomic E-state index is -1.45. The van der Waals surface area contributed by atoms with Gasteiger partial charge in [-0.2, -0.15) is 0 Å². The van der Waals surface area contributed by atoms with Crippen molar-refractivity contribution in [3.8, 4) is 0 Å². The van der Waals surface area contributed by atoms with Gasteiger partial charge in [0.05, 0.1) is 0 Å². The molecule has 0 heterocycles. The lowest BCUT2D eigenvalue weighted by Gasteiger charge is -2.10. The summed E-state index contributed by atoms with van der Waals surface area (Å²) in [5, 5.41) is 0. The van der Waals surface area contributed by atoms with Crippen LogP contribution in [0.25, 0.3) is 0 Å². The van der Waals surface area contributed by atoms with Gasteiger partial charge in [0.2, 0.25) is 0 Å². The van der Waals surface area contributed by atoms with E-state index in [4.69, 9.17) is 0 Å². The Morgan fingerprint density at radius 1 is 1.13 bits per heavy atom. The zero-order valence-corrected chi connectivity index (χ0v) is 7.90. The molecular weight excluding hydrogens is 205 g/mol. The summed E-state index contributed by atoms with van der Waals surface area (Å²) in [6, 6.07) is 2.12. The van der Waals surface area contributed by atoms with Crippen LogP contribution in [0.5, 0.6) is 0 Å². The molecule has 0 saturated heterocycles. The van der Waals surface area contributed by atoms with Gasteiger partial charge in [-0.05, 0) is 24.0 Å². The number of carbonyl (C=O) groups excluding carboxylic acids is 1. The topological polar surface area (TPSA) is 17.1 Å². The Bertz CT molecular complexity index is 415. The van der Waals surface area contributed by atoms with E-state index in [0.717, 1.165) is 6.07 Å². The Balaban J connectivity index is 2.37. The predicted molar refractivity (Wildman–Crippen MR) is 47.9 cm³/mol. The van der Waals surface area contributed by atoms with Crippen molar-refractivity contribution in [2.45, 2.75) is 25.2 Å². The fourth-order valence-corrected chi connectivity index (χ4v) is 1.94. The van der Waals surface area contributed by atoms with Crippen LogP contribution >= 0.6 is 0 Å². The van der Waals surface area contributed by atoms with Crippen molar-refractivity contribution >= 4 is 5.78 Å². The number of Topliss-reactive ketones (excluding diaryl/α,β-unsaturated/α-hetero) is 1. The molecule has 1 fully saturated rings. The smallest absolute Gasteiger partial charge is 0.194 e. The summed E-state index contributed by atoms with van der Waals surface area (Å²) in [5.41, 5.74) is 0.111. The average Bonchev–Trinajstić information content (AvgIpc) is 2.61. The molecule has 0 N–H and O–H groups in total. The van der Waals surface area contributed by atoms with Crippen LogP contribution < -0.4 is 0 Å². The fraction of sp³-hybridized carbons (Fsp3) is 0.364. The first-order valence-electron chi connectivity index (χ1n) is 4.74. The molecule has 1 nitrogen and oxygen atoms in total. The molecule has 1 aromatic rings. The molecule has 0 spiro atoms. The third-order valence-electron chi connectivity index (χ3n) is 2.75. The predicted octanol–water partition coefficient (Wildman–Crippen LogP) is 2.94. The van der Waals surface area contributed by atoms with Gasteiger partial charge in [-0.1, -0.05) is 6.07 Å². The van der Waals surface area contributed by atoms with E-state index in [1.165, 1.54) is 6.07 Å². The minimum absolute atomic E-state index is 0.0455. The quantitative estimate of drug-likeness (QED) is 0.657. The maximum absolute atomic E-state index is 13.3. The van der Waals surface area contributed by atoms with Gasteiger partial charge in [0.15, 0.2) is 17.5 Å². The van der Waals surface area contributed by atoms with Crippen molar-refractivity contribution in [1.29, 1.82) is 0 Å². The molecule has 1 aliphatic carbocycles. The van der Waals surface area contributed by atoms with Crippen molar-refractivity contribution in [3.63, 3.8) is 0 Å². The summed E-state index contributed by atoms with van der Waals surface area (Å²) >= 11 is 0. The van der Waals surface area contributed by atoms with Gasteiger partial charge in [0.25, 0.3) is 0 Å². The van der Waals surface area contributed by atoms with Crippen LogP contribution in [0.1, 0.15) is 30.7 Å². The van der Waals surface area contributed by atoms with Crippen LogP contribution in [-0.4, -0.2) is 5.78 Å². The number of halogens is 3. The summed E-state index contributed by atoms with van der Waals surface area (Å²) in [5.74, 6) is -4.06. The summed E-state index contributed by atoms with van der Waals surface area (Å²) in [6.07, 6.45) is 1.13. The van der Waals surface area contributed by atoms with E-state index in [0.29, 0.717) is 12.8 Å². The Morgan fingerprint density at radius 3 is 2.47 bits per heavy atom. The number of carbonyl (C=O) groups is 1. The number of hydrogen-bond acceptors (Lipinski definition) is 1. The maximum Gasteiger partial charge on any atom is 0.194 e. The standard InChI is InChI=1S/C11H9F3O/c12-9-4-3-8(10(13)11(9)14)6-1-2-7(15)5-6/h3-4,6H,1-2,5H2. The number of benzene rings is 1. The molecule has 1 aliphatic rings. The van der Waals surface area contributed by atoms with E-state index < -0.39 is 17.5 Å². The van der Waals surface area contributed by atoms with E-state index in [-0.39, 0.29) is 23.7 Å². The second kappa shape index (κ2) is 3.68. The Hall–Kier alpha value is -1.32. The largest absolute Gasteiger partial charge is 0.300 e. The van der Waals surface area contributed by atoms with Crippen molar-refractivity contribution in [1.82, 2.24) is 0 Å². The highest BCUT2D eigenvalue weighted by molar-refractivity contribution is 5.81. The lowest BCUT2D eigenvalue weighted by molar-refractivity contribution is -0.117. The molecular formula is C11H9F3O.